The van der Waals surface area contributed by atoms with Crippen LogP contribution in [-0.2, 0) is 6.42 Å². The van der Waals surface area contributed by atoms with Crippen LogP contribution < -0.4 is 0 Å². The average molecular weight is 250 g/mol. The van der Waals surface area contributed by atoms with Crippen molar-refractivity contribution in [2.45, 2.75) is 31.3 Å². The van der Waals surface area contributed by atoms with Crippen LogP contribution in [0.2, 0.25) is 0 Å². The Balaban J connectivity index is 2.37. The summed E-state index contributed by atoms with van der Waals surface area (Å²) in [5.74, 6) is 0.979. The highest BCUT2D eigenvalue weighted by molar-refractivity contribution is 7.99. The lowest BCUT2D eigenvalue weighted by Gasteiger charge is -2.18. The van der Waals surface area contributed by atoms with Crippen LogP contribution in [0.4, 0.5) is 0 Å². The summed E-state index contributed by atoms with van der Waals surface area (Å²) in [4.78, 5) is 6.70. The zero-order chi connectivity index (χ0) is 12.3. The second kappa shape index (κ2) is 5.49. The fourth-order valence-electron chi connectivity index (χ4n) is 1.95. The molecule has 1 aliphatic rings. The number of aryl methyl sites for hydroxylation is 1. The highest BCUT2D eigenvalue weighted by atomic mass is 32.2. The monoisotopic (exact) mass is 250 g/mol. The zero-order valence-corrected chi connectivity index (χ0v) is 11.4. The van der Waals surface area contributed by atoms with Crippen molar-refractivity contribution < 1.29 is 0 Å². The van der Waals surface area contributed by atoms with Crippen LogP contribution >= 0.6 is 11.8 Å². The second-order valence-electron chi connectivity index (χ2n) is 4.29. The van der Waals surface area contributed by atoms with E-state index in [1.165, 1.54) is 5.57 Å². The Hall–Kier alpha value is -1.10. The van der Waals surface area contributed by atoms with Gasteiger partial charge in [-0.15, -0.1) is 5.10 Å². The van der Waals surface area contributed by atoms with E-state index in [1.807, 2.05) is 14.1 Å². The third-order valence-electron chi connectivity index (χ3n) is 2.59. The Bertz CT molecular complexity index is 429. The van der Waals surface area contributed by atoms with Gasteiger partial charge in [0, 0.05) is 20.3 Å². The first-order valence-electron chi connectivity index (χ1n) is 5.94. The van der Waals surface area contributed by atoms with Gasteiger partial charge in [0.05, 0.1) is 11.4 Å². The minimum Gasteiger partial charge on any atom is -0.383 e. The van der Waals surface area contributed by atoms with E-state index in [4.69, 9.17) is 0 Å². The van der Waals surface area contributed by atoms with Gasteiger partial charge < -0.3 is 4.90 Å². The molecule has 0 amide bonds. The number of thioether (sulfide) groups is 1. The van der Waals surface area contributed by atoms with Gasteiger partial charge in [-0.1, -0.05) is 18.7 Å². The Kier molecular flexibility index (Phi) is 3.99. The maximum Gasteiger partial charge on any atom is 0.209 e. The van der Waals surface area contributed by atoms with Gasteiger partial charge in [0.25, 0.3) is 0 Å². The van der Waals surface area contributed by atoms with E-state index in [-0.39, 0.29) is 0 Å². The number of nitrogens with zero attached hydrogens (tertiary/aromatic N) is 4. The molecule has 0 bridgehead atoms. The molecule has 1 aliphatic carbocycles. The zero-order valence-electron chi connectivity index (χ0n) is 10.6. The molecule has 5 heteroatoms. The van der Waals surface area contributed by atoms with Gasteiger partial charge in [-0.05, 0) is 30.6 Å². The minimum atomic E-state index is 0.790. The van der Waals surface area contributed by atoms with Crippen LogP contribution in [0.25, 0.3) is 5.57 Å². The summed E-state index contributed by atoms with van der Waals surface area (Å²) in [7, 11) is 4.08. The summed E-state index contributed by atoms with van der Waals surface area (Å²) < 4.78 is 0. The Morgan fingerprint density at radius 3 is 2.82 bits per heavy atom. The Morgan fingerprint density at radius 1 is 1.29 bits per heavy atom. The number of hydrogen-bond donors (Lipinski definition) is 0. The van der Waals surface area contributed by atoms with E-state index < -0.39 is 0 Å². The SMILES string of the molecule is CCSc1nnc2c(n1)/C(=C/N(C)C)CCC2. The van der Waals surface area contributed by atoms with E-state index in [9.17, 15) is 0 Å². The van der Waals surface area contributed by atoms with Crippen molar-refractivity contribution in [2.75, 3.05) is 19.8 Å². The molecule has 0 N–H and O–H groups in total. The van der Waals surface area contributed by atoms with Gasteiger partial charge in [0.2, 0.25) is 5.16 Å². The van der Waals surface area contributed by atoms with Crippen molar-refractivity contribution in [1.29, 1.82) is 0 Å². The van der Waals surface area contributed by atoms with Gasteiger partial charge in [-0.25, -0.2) is 4.98 Å². The standard InChI is InChI=1S/C12H18N4S/c1-4-17-12-13-11-9(8-16(2)3)6-5-7-10(11)14-15-12/h8H,4-7H2,1-3H3/b9-8+. The van der Waals surface area contributed by atoms with Gasteiger partial charge in [0.15, 0.2) is 0 Å². The topological polar surface area (TPSA) is 41.9 Å². The maximum atomic E-state index is 4.63. The number of allylic oxidation sites excluding steroid dienone is 1. The quantitative estimate of drug-likeness (QED) is 0.769. The van der Waals surface area contributed by atoms with Crippen molar-refractivity contribution in [3.63, 3.8) is 0 Å². The molecule has 0 spiro atoms. The third kappa shape index (κ3) is 2.97. The third-order valence-corrected chi connectivity index (χ3v) is 3.31. The van der Waals surface area contributed by atoms with Crippen LogP contribution in [-0.4, -0.2) is 39.9 Å². The van der Waals surface area contributed by atoms with Crippen LogP contribution in [0.1, 0.15) is 31.2 Å². The summed E-state index contributed by atoms with van der Waals surface area (Å²) in [5, 5.41) is 9.25. The highest BCUT2D eigenvalue weighted by Gasteiger charge is 2.18. The molecule has 0 atom stereocenters. The fourth-order valence-corrected chi connectivity index (χ4v) is 2.46. The average Bonchev–Trinajstić information content (AvgIpc) is 2.29. The van der Waals surface area contributed by atoms with E-state index in [0.717, 1.165) is 41.6 Å². The van der Waals surface area contributed by atoms with Crippen molar-refractivity contribution in [3.05, 3.63) is 17.6 Å². The van der Waals surface area contributed by atoms with Crippen LogP contribution in [0, 0.1) is 0 Å². The van der Waals surface area contributed by atoms with Gasteiger partial charge in [0.1, 0.15) is 0 Å². The lowest BCUT2D eigenvalue weighted by atomic mass is 9.96. The maximum absolute atomic E-state index is 4.63. The highest BCUT2D eigenvalue weighted by Crippen LogP contribution is 2.28. The van der Waals surface area contributed by atoms with E-state index >= 15 is 0 Å². The van der Waals surface area contributed by atoms with Crippen molar-refractivity contribution in [2.24, 2.45) is 0 Å². The van der Waals surface area contributed by atoms with E-state index in [2.05, 4.69) is 33.2 Å². The summed E-state index contributed by atoms with van der Waals surface area (Å²) in [6.45, 7) is 2.10. The molecular weight excluding hydrogens is 232 g/mol. The van der Waals surface area contributed by atoms with E-state index in [0.29, 0.717) is 0 Å². The molecule has 0 saturated carbocycles. The molecule has 0 fully saturated rings. The number of hydrogen-bond acceptors (Lipinski definition) is 5. The molecule has 0 radical (unpaired) electrons. The Labute approximate surface area is 107 Å². The van der Waals surface area contributed by atoms with Crippen molar-refractivity contribution in [1.82, 2.24) is 20.1 Å². The van der Waals surface area contributed by atoms with Crippen LogP contribution in [0.5, 0.6) is 0 Å². The summed E-state index contributed by atoms with van der Waals surface area (Å²) >= 11 is 1.64. The first-order chi connectivity index (χ1) is 8.20. The van der Waals surface area contributed by atoms with Gasteiger partial charge >= 0.3 is 0 Å². The smallest absolute Gasteiger partial charge is 0.209 e. The molecule has 1 aromatic rings. The first-order valence-corrected chi connectivity index (χ1v) is 6.93. The summed E-state index contributed by atoms with van der Waals surface area (Å²) in [6, 6.07) is 0. The fraction of sp³-hybridized carbons (Fsp3) is 0.583. The predicted molar refractivity (Wildman–Crippen MR) is 70.8 cm³/mol. The number of aromatic nitrogens is 3. The number of rotatable bonds is 3. The van der Waals surface area contributed by atoms with Crippen molar-refractivity contribution >= 4 is 17.3 Å². The van der Waals surface area contributed by atoms with Crippen LogP contribution in [0.3, 0.4) is 0 Å². The molecule has 4 nitrogen and oxygen atoms in total. The lowest BCUT2D eigenvalue weighted by Crippen LogP contribution is -2.12. The second-order valence-corrected chi connectivity index (χ2v) is 5.53. The molecule has 0 aromatic carbocycles. The molecule has 17 heavy (non-hydrogen) atoms. The van der Waals surface area contributed by atoms with Gasteiger partial charge in [-0.2, -0.15) is 5.10 Å². The number of fused-ring (bicyclic) bond motifs is 1. The summed E-state index contributed by atoms with van der Waals surface area (Å²) in [6.07, 6.45) is 5.37. The van der Waals surface area contributed by atoms with Gasteiger partial charge in [-0.3, -0.25) is 0 Å². The van der Waals surface area contributed by atoms with Crippen LogP contribution in [0.15, 0.2) is 11.4 Å². The molecule has 1 heterocycles. The normalized spacial score (nSPS) is 17.0. The minimum absolute atomic E-state index is 0.790. The predicted octanol–water partition coefficient (Wildman–Crippen LogP) is 2.22. The lowest BCUT2D eigenvalue weighted by molar-refractivity contribution is 0.560. The molecule has 0 aliphatic heterocycles. The molecule has 1 aromatic heterocycles. The van der Waals surface area contributed by atoms with Crippen molar-refractivity contribution in [3.8, 4) is 0 Å². The molecule has 2 rings (SSSR count). The molecular formula is C12H18N4S. The largest absolute Gasteiger partial charge is 0.383 e. The first kappa shape index (κ1) is 12.4. The Morgan fingerprint density at radius 2 is 2.12 bits per heavy atom. The van der Waals surface area contributed by atoms with E-state index in [1.54, 1.807) is 11.8 Å². The summed E-state index contributed by atoms with van der Waals surface area (Å²) in [5.41, 5.74) is 3.38. The molecule has 0 saturated heterocycles. The molecule has 0 unspecified atom stereocenters. The molecule has 92 valence electrons.